The third-order valence-electron chi connectivity index (χ3n) is 3.95. The minimum absolute atomic E-state index is 0.0175. The summed E-state index contributed by atoms with van der Waals surface area (Å²) in [5, 5.41) is 9.47. The number of aromatic carboxylic acids is 1. The number of rotatable bonds is 3. The Morgan fingerprint density at radius 2 is 1.82 bits per heavy atom. The molecule has 1 N–H and O–H groups in total. The number of carbonyl (C=O) groups is 2. The smallest absolute Gasteiger partial charge is 0.352 e. The Morgan fingerprint density at radius 1 is 1.27 bits per heavy atom. The van der Waals surface area contributed by atoms with Crippen molar-refractivity contribution in [2.45, 2.75) is 39.5 Å². The summed E-state index contributed by atoms with van der Waals surface area (Å²) in [6.07, 6.45) is 1.43. The first-order chi connectivity index (χ1) is 10.5. The minimum Gasteiger partial charge on any atom is -0.477 e. The van der Waals surface area contributed by atoms with Crippen LogP contribution in [0.3, 0.4) is 0 Å². The largest absolute Gasteiger partial charge is 0.477 e. The van der Waals surface area contributed by atoms with Gasteiger partial charge in [0.2, 0.25) is 0 Å². The Morgan fingerprint density at radius 3 is 2.27 bits per heavy atom. The molecule has 1 saturated heterocycles. The predicted octanol–water partition coefficient (Wildman–Crippen LogP) is 2.74. The second-order valence-corrected chi connectivity index (χ2v) is 4.97. The number of methoxy groups -OCH3 is 1. The van der Waals surface area contributed by atoms with Crippen molar-refractivity contribution in [2.24, 2.45) is 7.05 Å². The van der Waals surface area contributed by atoms with Crippen LogP contribution in [0.25, 0.3) is 0 Å². The van der Waals surface area contributed by atoms with E-state index in [9.17, 15) is 14.7 Å². The standard InChI is InChI=1S/C14H19NO5.C2H6/c1-8-10(14(18)19-3)11(9-4-6-20-7-5-9)12(13(16)17)15(8)2;1-2/h9H,4-7H2,1-3H3,(H,16,17);1-2H3. The van der Waals surface area contributed by atoms with E-state index in [1.165, 1.54) is 7.11 Å². The van der Waals surface area contributed by atoms with Gasteiger partial charge in [0.1, 0.15) is 5.69 Å². The van der Waals surface area contributed by atoms with E-state index in [4.69, 9.17) is 9.47 Å². The number of hydrogen-bond donors (Lipinski definition) is 1. The zero-order valence-electron chi connectivity index (χ0n) is 13.9. The molecule has 0 aliphatic carbocycles. The van der Waals surface area contributed by atoms with E-state index in [0.29, 0.717) is 42.9 Å². The Labute approximate surface area is 131 Å². The monoisotopic (exact) mass is 311 g/mol. The minimum atomic E-state index is -1.02. The average molecular weight is 311 g/mol. The van der Waals surface area contributed by atoms with E-state index < -0.39 is 11.9 Å². The summed E-state index contributed by atoms with van der Waals surface area (Å²) in [7, 11) is 2.97. The zero-order chi connectivity index (χ0) is 16.9. The lowest BCUT2D eigenvalue weighted by atomic mass is 9.88. The molecule has 6 nitrogen and oxygen atoms in total. The predicted molar refractivity (Wildman–Crippen MR) is 82.6 cm³/mol. The molecule has 1 fully saturated rings. The van der Waals surface area contributed by atoms with Gasteiger partial charge < -0.3 is 19.1 Å². The van der Waals surface area contributed by atoms with Crippen LogP contribution in [0.4, 0.5) is 0 Å². The van der Waals surface area contributed by atoms with Gasteiger partial charge in [0.15, 0.2) is 0 Å². The normalized spacial score (nSPS) is 15.0. The maximum Gasteiger partial charge on any atom is 0.352 e. The molecule has 124 valence electrons. The number of aromatic nitrogens is 1. The van der Waals surface area contributed by atoms with Gasteiger partial charge in [0, 0.05) is 31.5 Å². The molecule has 1 aliphatic rings. The van der Waals surface area contributed by atoms with Gasteiger partial charge in [-0.1, -0.05) is 13.8 Å². The van der Waals surface area contributed by atoms with Crippen molar-refractivity contribution in [2.75, 3.05) is 20.3 Å². The van der Waals surface area contributed by atoms with Gasteiger partial charge >= 0.3 is 11.9 Å². The molecule has 0 atom stereocenters. The van der Waals surface area contributed by atoms with Crippen LogP contribution in [0.15, 0.2) is 0 Å². The number of carbonyl (C=O) groups excluding carboxylic acids is 1. The van der Waals surface area contributed by atoms with E-state index >= 15 is 0 Å². The fourth-order valence-corrected chi connectivity index (χ4v) is 2.83. The van der Waals surface area contributed by atoms with E-state index in [1.54, 1.807) is 18.5 Å². The molecular formula is C16H25NO5. The molecule has 0 bridgehead atoms. The van der Waals surface area contributed by atoms with Crippen LogP contribution >= 0.6 is 0 Å². The maximum absolute atomic E-state index is 12.0. The second-order valence-electron chi connectivity index (χ2n) is 4.97. The van der Waals surface area contributed by atoms with Crippen LogP contribution in [0.2, 0.25) is 0 Å². The van der Waals surface area contributed by atoms with Crippen molar-refractivity contribution < 1.29 is 24.2 Å². The Balaban J connectivity index is 0.00000116. The summed E-state index contributed by atoms with van der Waals surface area (Å²) in [6.45, 7) is 6.90. The summed E-state index contributed by atoms with van der Waals surface area (Å²) >= 11 is 0. The molecule has 0 aromatic carbocycles. The fraction of sp³-hybridized carbons (Fsp3) is 0.625. The third-order valence-corrected chi connectivity index (χ3v) is 3.95. The van der Waals surface area contributed by atoms with Crippen molar-refractivity contribution >= 4 is 11.9 Å². The van der Waals surface area contributed by atoms with Crippen LogP contribution in [0.5, 0.6) is 0 Å². The molecule has 0 saturated carbocycles. The first-order valence-electron chi connectivity index (χ1n) is 7.57. The van der Waals surface area contributed by atoms with Crippen LogP contribution in [0, 0.1) is 6.92 Å². The number of carboxylic acids is 1. The van der Waals surface area contributed by atoms with Crippen molar-refractivity contribution in [3.63, 3.8) is 0 Å². The first-order valence-corrected chi connectivity index (χ1v) is 7.57. The Kier molecular flexibility index (Phi) is 6.61. The summed E-state index contributed by atoms with van der Waals surface area (Å²) < 4.78 is 11.7. The Hall–Kier alpha value is -1.82. The van der Waals surface area contributed by atoms with Crippen molar-refractivity contribution in [3.8, 4) is 0 Å². The highest BCUT2D eigenvalue weighted by Gasteiger charge is 2.33. The van der Waals surface area contributed by atoms with Gasteiger partial charge in [0.25, 0.3) is 0 Å². The summed E-state index contributed by atoms with van der Waals surface area (Å²) in [5.41, 5.74) is 1.78. The van der Waals surface area contributed by atoms with Gasteiger partial charge in [-0.3, -0.25) is 0 Å². The molecule has 0 radical (unpaired) electrons. The number of hydrogen-bond acceptors (Lipinski definition) is 4. The third kappa shape index (κ3) is 3.32. The van der Waals surface area contributed by atoms with Crippen molar-refractivity contribution in [1.82, 2.24) is 4.57 Å². The van der Waals surface area contributed by atoms with Crippen molar-refractivity contribution in [1.29, 1.82) is 0 Å². The molecule has 2 heterocycles. The van der Waals surface area contributed by atoms with E-state index in [-0.39, 0.29) is 11.6 Å². The molecule has 0 unspecified atom stereocenters. The lowest BCUT2D eigenvalue weighted by molar-refractivity contribution is 0.0592. The molecule has 1 aromatic heterocycles. The quantitative estimate of drug-likeness (QED) is 0.868. The van der Waals surface area contributed by atoms with Gasteiger partial charge in [-0.15, -0.1) is 0 Å². The number of ether oxygens (including phenoxy) is 2. The van der Waals surface area contributed by atoms with Crippen LogP contribution in [0.1, 0.15) is 64.7 Å². The van der Waals surface area contributed by atoms with E-state index in [0.717, 1.165) is 0 Å². The highest BCUT2D eigenvalue weighted by Crippen LogP contribution is 2.35. The maximum atomic E-state index is 12.0. The molecule has 6 heteroatoms. The highest BCUT2D eigenvalue weighted by atomic mass is 16.5. The molecular weight excluding hydrogens is 286 g/mol. The number of carboxylic acid groups (broad SMARTS) is 1. The summed E-state index contributed by atoms with van der Waals surface area (Å²) in [5.74, 6) is -1.48. The topological polar surface area (TPSA) is 77.8 Å². The molecule has 1 aliphatic heterocycles. The van der Waals surface area contributed by atoms with Gasteiger partial charge in [-0.05, 0) is 25.7 Å². The van der Waals surface area contributed by atoms with Crippen LogP contribution in [-0.2, 0) is 16.5 Å². The molecule has 2 rings (SSSR count). The van der Waals surface area contributed by atoms with Gasteiger partial charge in [-0.2, -0.15) is 0 Å². The van der Waals surface area contributed by atoms with E-state index in [2.05, 4.69) is 0 Å². The Bertz CT molecular complexity index is 541. The fourth-order valence-electron chi connectivity index (χ4n) is 2.83. The molecule has 22 heavy (non-hydrogen) atoms. The van der Waals surface area contributed by atoms with Crippen LogP contribution < -0.4 is 0 Å². The lowest BCUT2D eigenvalue weighted by Gasteiger charge is -2.23. The van der Waals surface area contributed by atoms with Gasteiger partial charge in [0.05, 0.1) is 12.7 Å². The molecule has 0 spiro atoms. The summed E-state index contributed by atoms with van der Waals surface area (Å²) in [4.78, 5) is 23.6. The number of esters is 1. The zero-order valence-corrected chi connectivity index (χ0v) is 13.9. The highest BCUT2D eigenvalue weighted by molar-refractivity contribution is 5.98. The number of nitrogens with zero attached hydrogens (tertiary/aromatic N) is 1. The van der Waals surface area contributed by atoms with E-state index in [1.807, 2.05) is 13.8 Å². The SMILES string of the molecule is CC.COC(=O)c1c(C2CCOCC2)c(C(=O)O)n(C)c1C. The second kappa shape index (κ2) is 7.98. The van der Waals surface area contributed by atoms with Crippen LogP contribution in [-0.4, -0.2) is 41.9 Å². The first kappa shape index (κ1) is 18.2. The van der Waals surface area contributed by atoms with Crippen molar-refractivity contribution in [3.05, 3.63) is 22.5 Å². The summed E-state index contributed by atoms with van der Waals surface area (Å²) in [6, 6.07) is 0. The average Bonchev–Trinajstić information content (AvgIpc) is 2.81. The van der Waals surface area contributed by atoms with Gasteiger partial charge in [-0.25, -0.2) is 9.59 Å². The lowest BCUT2D eigenvalue weighted by Crippen LogP contribution is -2.19. The molecule has 1 aromatic rings. The molecule has 0 amide bonds.